The van der Waals surface area contributed by atoms with E-state index in [4.69, 9.17) is 9.47 Å². The molecule has 2 rings (SSSR count). The predicted molar refractivity (Wildman–Crippen MR) is 75.1 cm³/mol. The summed E-state index contributed by atoms with van der Waals surface area (Å²) in [4.78, 5) is 12.1. The molecule has 0 aliphatic carbocycles. The molecule has 6 nitrogen and oxygen atoms in total. The van der Waals surface area contributed by atoms with Gasteiger partial charge in [-0.3, -0.25) is 10.1 Å². The first-order chi connectivity index (χ1) is 9.15. The number of ether oxygens (including phenoxy) is 2. The van der Waals surface area contributed by atoms with Crippen LogP contribution in [0.5, 0.6) is 11.5 Å². The fourth-order valence-corrected chi connectivity index (χ4v) is 2.39. The number of anilines is 1. The monoisotopic (exact) mass is 343 g/mol. The minimum Gasteiger partial charge on any atom is -0.495 e. The summed E-state index contributed by atoms with van der Waals surface area (Å²) < 4.78 is 11.0. The summed E-state index contributed by atoms with van der Waals surface area (Å²) in [5.41, 5.74) is 1.95. The Labute approximate surface area is 121 Å². The quantitative estimate of drug-likeness (QED) is 0.923. The van der Waals surface area contributed by atoms with Crippen molar-refractivity contribution in [2.24, 2.45) is 0 Å². The van der Waals surface area contributed by atoms with E-state index in [1.54, 1.807) is 17.6 Å². The Morgan fingerprint density at radius 1 is 1.32 bits per heavy atom. The van der Waals surface area contributed by atoms with Gasteiger partial charge in [-0.05, 0) is 28.1 Å². The summed E-state index contributed by atoms with van der Waals surface area (Å²) in [6, 6.07) is 3.23. The third kappa shape index (κ3) is 3.02. The van der Waals surface area contributed by atoms with Gasteiger partial charge in [0, 0.05) is 5.56 Å². The van der Waals surface area contributed by atoms with E-state index in [-0.39, 0.29) is 5.91 Å². The SMILES string of the molecule is COc1cc(C(=O)Nc2nncs2)cc(OC)c1Br. The number of carbonyl (C=O) groups is 1. The normalized spacial score (nSPS) is 10.1. The van der Waals surface area contributed by atoms with Gasteiger partial charge in [0.05, 0.1) is 14.2 Å². The number of amides is 1. The number of nitrogens with zero attached hydrogens (tertiary/aromatic N) is 2. The van der Waals surface area contributed by atoms with Crippen molar-refractivity contribution >= 4 is 38.3 Å². The third-order valence-corrected chi connectivity index (χ3v) is 3.68. The van der Waals surface area contributed by atoms with Gasteiger partial charge >= 0.3 is 0 Å². The van der Waals surface area contributed by atoms with Crippen molar-refractivity contribution in [2.45, 2.75) is 0 Å². The van der Waals surface area contributed by atoms with Crippen LogP contribution in [0, 0.1) is 0 Å². The highest BCUT2D eigenvalue weighted by molar-refractivity contribution is 9.10. The van der Waals surface area contributed by atoms with E-state index in [2.05, 4.69) is 31.4 Å². The van der Waals surface area contributed by atoms with Gasteiger partial charge in [0.25, 0.3) is 5.91 Å². The lowest BCUT2D eigenvalue weighted by Crippen LogP contribution is -2.12. The Bertz CT molecular complexity index is 564. The molecule has 0 aliphatic heterocycles. The average Bonchev–Trinajstić information content (AvgIpc) is 2.91. The number of hydrogen-bond donors (Lipinski definition) is 1. The van der Waals surface area contributed by atoms with Crippen molar-refractivity contribution in [2.75, 3.05) is 19.5 Å². The molecule has 1 amide bonds. The minimum atomic E-state index is -0.305. The lowest BCUT2D eigenvalue weighted by atomic mass is 10.2. The number of halogens is 1. The molecule has 2 aromatic rings. The highest BCUT2D eigenvalue weighted by Crippen LogP contribution is 2.35. The van der Waals surface area contributed by atoms with Crippen LogP contribution >= 0.6 is 27.3 Å². The van der Waals surface area contributed by atoms with Gasteiger partial charge in [0.1, 0.15) is 21.5 Å². The first-order valence-electron chi connectivity index (χ1n) is 5.14. The van der Waals surface area contributed by atoms with Crippen LogP contribution < -0.4 is 14.8 Å². The minimum absolute atomic E-state index is 0.305. The number of benzene rings is 1. The number of hydrogen-bond acceptors (Lipinski definition) is 6. The van der Waals surface area contributed by atoms with Crippen molar-refractivity contribution in [3.05, 3.63) is 27.7 Å². The van der Waals surface area contributed by atoms with E-state index in [9.17, 15) is 4.79 Å². The van der Waals surface area contributed by atoms with Gasteiger partial charge in [-0.15, -0.1) is 10.2 Å². The Hall–Kier alpha value is -1.67. The van der Waals surface area contributed by atoms with Crippen molar-refractivity contribution in [3.8, 4) is 11.5 Å². The van der Waals surface area contributed by atoms with Crippen molar-refractivity contribution < 1.29 is 14.3 Å². The van der Waals surface area contributed by atoms with Crippen LogP contribution in [0.1, 0.15) is 10.4 Å². The molecule has 0 radical (unpaired) electrons. The smallest absolute Gasteiger partial charge is 0.257 e. The summed E-state index contributed by atoms with van der Waals surface area (Å²) in [5.74, 6) is 0.726. The zero-order valence-corrected chi connectivity index (χ0v) is 12.5. The predicted octanol–water partition coefficient (Wildman–Crippen LogP) is 2.57. The molecule has 1 heterocycles. The summed E-state index contributed by atoms with van der Waals surface area (Å²) in [5, 5.41) is 10.5. The van der Waals surface area contributed by atoms with E-state index < -0.39 is 0 Å². The van der Waals surface area contributed by atoms with Gasteiger partial charge in [-0.1, -0.05) is 11.3 Å². The van der Waals surface area contributed by atoms with E-state index in [0.29, 0.717) is 26.7 Å². The second-order valence-corrected chi connectivity index (χ2v) is 5.02. The Balaban J connectivity index is 2.31. The standard InChI is InChI=1S/C11H10BrN3O3S/c1-17-7-3-6(4-8(18-2)9(7)12)10(16)14-11-15-13-5-19-11/h3-5H,1-2H3,(H,14,15,16). The van der Waals surface area contributed by atoms with Crippen LogP contribution in [0.15, 0.2) is 22.1 Å². The summed E-state index contributed by atoms with van der Waals surface area (Å²) in [6.45, 7) is 0. The lowest BCUT2D eigenvalue weighted by molar-refractivity contribution is 0.102. The molecule has 0 unspecified atom stereocenters. The maximum atomic E-state index is 12.1. The molecule has 0 fully saturated rings. The highest BCUT2D eigenvalue weighted by Gasteiger charge is 2.15. The fraction of sp³-hybridized carbons (Fsp3) is 0.182. The summed E-state index contributed by atoms with van der Waals surface area (Å²) in [6.07, 6.45) is 0. The second-order valence-electron chi connectivity index (χ2n) is 3.39. The zero-order chi connectivity index (χ0) is 13.8. The molecule has 0 bridgehead atoms. The van der Waals surface area contributed by atoms with Gasteiger partial charge < -0.3 is 9.47 Å². The topological polar surface area (TPSA) is 73.3 Å². The summed E-state index contributed by atoms with van der Waals surface area (Å²) >= 11 is 4.59. The molecule has 19 heavy (non-hydrogen) atoms. The van der Waals surface area contributed by atoms with Gasteiger partial charge in [-0.2, -0.15) is 0 Å². The largest absolute Gasteiger partial charge is 0.495 e. The molecule has 1 N–H and O–H groups in total. The molecule has 100 valence electrons. The number of carbonyl (C=O) groups excluding carboxylic acids is 1. The van der Waals surface area contributed by atoms with Crippen LogP contribution in [0.2, 0.25) is 0 Å². The van der Waals surface area contributed by atoms with Crippen LogP contribution in [-0.2, 0) is 0 Å². The Kier molecular flexibility index (Phi) is 4.33. The molecule has 0 saturated heterocycles. The molecule has 8 heteroatoms. The maximum Gasteiger partial charge on any atom is 0.257 e. The molecular weight excluding hydrogens is 334 g/mol. The number of methoxy groups -OCH3 is 2. The average molecular weight is 344 g/mol. The lowest BCUT2D eigenvalue weighted by Gasteiger charge is -2.10. The van der Waals surface area contributed by atoms with Gasteiger partial charge in [0.2, 0.25) is 5.13 Å². The van der Waals surface area contributed by atoms with Crippen molar-refractivity contribution in [3.63, 3.8) is 0 Å². The first kappa shape index (κ1) is 13.8. The van der Waals surface area contributed by atoms with E-state index in [1.165, 1.54) is 25.6 Å². The molecular formula is C11H10BrN3O3S. The molecule has 0 aliphatic rings. The van der Waals surface area contributed by atoms with Crippen LogP contribution in [0.4, 0.5) is 5.13 Å². The summed E-state index contributed by atoms with van der Waals surface area (Å²) in [7, 11) is 3.04. The number of aromatic nitrogens is 2. The molecule has 1 aromatic carbocycles. The van der Waals surface area contributed by atoms with Crippen LogP contribution in [0.3, 0.4) is 0 Å². The van der Waals surface area contributed by atoms with Gasteiger partial charge in [0.15, 0.2) is 0 Å². The molecule has 0 saturated carbocycles. The third-order valence-electron chi connectivity index (χ3n) is 2.29. The highest BCUT2D eigenvalue weighted by atomic mass is 79.9. The van der Waals surface area contributed by atoms with Gasteiger partial charge in [-0.25, -0.2) is 0 Å². The van der Waals surface area contributed by atoms with Crippen LogP contribution in [0.25, 0.3) is 0 Å². The molecule has 0 atom stereocenters. The van der Waals surface area contributed by atoms with E-state index in [0.717, 1.165) is 0 Å². The first-order valence-corrected chi connectivity index (χ1v) is 6.82. The molecule has 1 aromatic heterocycles. The number of rotatable bonds is 4. The Morgan fingerprint density at radius 3 is 2.42 bits per heavy atom. The van der Waals surface area contributed by atoms with E-state index in [1.807, 2.05) is 0 Å². The maximum absolute atomic E-state index is 12.1. The van der Waals surface area contributed by atoms with Crippen molar-refractivity contribution in [1.29, 1.82) is 0 Å². The van der Waals surface area contributed by atoms with Crippen molar-refractivity contribution in [1.82, 2.24) is 10.2 Å². The number of nitrogens with one attached hydrogen (secondary N) is 1. The molecule has 0 spiro atoms. The second kappa shape index (κ2) is 5.98. The fourth-order valence-electron chi connectivity index (χ4n) is 1.40. The van der Waals surface area contributed by atoms with E-state index >= 15 is 0 Å². The zero-order valence-electron chi connectivity index (χ0n) is 10.1. The Morgan fingerprint density at radius 2 is 1.95 bits per heavy atom. The van der Waals surface area contributed by atoms with Crippen LogP contribution in [-0.4, -0.2) is 30.3 Å².